The van der Waals surface area contributed by atoms with E-state index in [-0.39, 0.29) is 0 Å². The molecule has 0 saturated carbocycles. The maximum atomic E-state index is 3.66. The summed E-state index contributed by atoms with van der Waals surface area (Å²) in [6.45, 7) is 3.82. The van der Waals surface area contributed by atoms with Crippen LogP contribution in [0.5, 0.6) is 0 Å². The molecular weight excluding hydrogens is 208 g/mol. The second-order valence-corrected chi connectivity index (χ2v) is 5.42. The lowest BCUT2D eigenvalue weighted by Gasteiger charge is -2.23. The third-order valence-electron chi connectivity index (χ3n) is 4.02. The average Bonchev–Trinajstić information content (AvgIpc) is 2.57. The van der Waals surface area contributed by atoms with E-state index in [1.165, 1.54) is 63.0 Å². The number of anilines is 1. The standard InChI is InChI=1S/C15H22N2/c1-2-6-10-17(9-5-1)12-14-11-13-7-3-4-8-15(13)16-14/h3-4,7-8,14,16H,1-2,5-6,9-12H2/t14-/m1/s1. The van der Waals surface area contributed by atoms with Crippen molar-refractivity contribution in [1.82, 2.24) is 4.90 Å². The minimum atomic E-state index is 0.630. The third kappa shape index (κ3) is 2.63. The summed E-state index contributed by atoms with van der Waals surface area (Å²) in [7, 11) is 0. The van der Waals surface area contributed by atoms with Crippen LogP contribution in [-0.4, -0.2) is 30.6 Å². The number of nitrogens with one attached hydrogen (secondary N) is 1. The number of hydrogen-bond acceptors (Lipinski definition) is 2. The van der Waals surface area contributed by atoms with E-state index in [0.29, 0.717) is 6.04 Å². The van der Waals surface area contributed by atoms with Crippen LogP contribution in [0.4, 0.5) is 5.69 Å². The van der Waals surface area contributed by atoms with Gasteiger partial charge in [0, 0.05) is 18.3 Å². The molecule has 1 fully saturated rings. The Morgan fingerprint density at radius 1 is 1.06 bits per heavy atom. The van der Waals surface area contributed by atoms with Crippen LogP contribution in [0.25, 0.3) is 0 Å². The second kappa shape index (κ2) is 5.09. The molecule has 1 saturated heterocycles. The average molecular weight is 230 g/mol. The summed E-state index contributed by atoms with van der Waals surface area (Å²) in [5.74, 6) is 0. The zero-order chi connectivity index (χ0) is 11.5. The quantitative estimate of drug-likeness (QED) is 0.840. The van der Waals surface area contributed by atoms with Crippen molar-refractivity contribution in [2.24, 2.45) is 0 Å². The Hall–Kier alpha value is -1.02. The first kappa shape index (κ1) is 11.1. The van der Waals surface area contributed by atoms with Crippen LogP contribution in [0.1, 0.15) is 31.2 Å². The summed E-state index contributed by atoms with van der Waals surface area (Å²) < 4.78 is 0. The summed E-state index contributed by atoms with van der Waals surface area (Å²) in [6, 6.07) is 9.36. The molecule has 1 aromatic carbocycles. The lowest BCUT2D eigenvalue weighted by atomic mass is 10.1. The van der Waals surface area contributed by atoms with Gasteiger partial charge in [-0.1, -0.05) is 31.0 Å². The van der Waals surface area contributed by atoms with E-state index < -0.39 is 0 Å². The molecule has 0 spiro atoms. The number of likely N-dealkylation sites (tertiary alicyclic amines) is 1. The lowest BCUT2D eigenvalue weighted by Crippen LogP contribution is -2.36. The monoisotopic (exact) mass is 230 g/mol. The molecule has 1 N–H and O–H groups in total. The molecule has 0 amide bonds. The SMILES string of the molecule is c1ccc2c(c1)C[C@H](CN1CCCCCC1)N2. The van der Waals surface area contributed by atoms with Gasteiger partial charge in [-0.05, 0) is 44.0 Å². The molecule has 2 heterocycles. The lowest BCUT2D eigenvalue weighted by molar-refractivity contribution is 0.274. The van der Waals surface area contributed by atoms with Gasteiger partial charge in [-0.3, -0.25) is 0 Å². The largest absolute Gasteiger partial charge is 0.380 e. The molecule has 2 aliphatic rings. The van der Waals surface area contributed by atoms with Gasteiger partial charge in [-0.2, -0.15) is 0 Å². The molecule has 1 atom stereocenters. The van der Waals surface area contributed by atoms with Crippen molar-refractivity contribution >= 4 is 5.69 Å². The van der Waals surface area contributed by atoms with Crippen molar-refractivity contribution < 1.29 is 0 Å². The summed E-state index contributed by atoms with van der Waals surface area (Å²) in [4.78, 5) is 2.65. The molecular formula is C15H22N2. The molecule has 0 aliphatic carbocycles. The zero-order valence-electron chi connectivity index (χ0n) is 10.5. The predicted octanol–water partition coefficient (Wildman–Crippen LogP) is 2.90. The van der Waals surface area contributed by atoms with E-state index in [2.05, 4.69) is 34.5 Å². The molecule has 0 aromatic heterocycles. The van der Waals surface area contributed by atoms with Crippen LogP contribution >= 0.6 is 0 Å². The van der Waals surface area contributed by atoms with Gasteiger partial charge < -0.3 is 10.2 Å². The van der Waals surface area contributed by atoms with Crippen LogP contribution in [0, 0.1) is 0 Å². The Bertz CT molecular complexity index is 342. The summed E-state index contributed by atoms with van der Waals surface area (Å²) >= 11 is 0. The van der Waals surface area contributed by atoms with Gasteiger partial charge in [-0.15, -0.1) is 0 Å². The van der Waals surface area contributed by atoms with E-state index in [0.717, 1.165) is 0 Å². The van der Waals surface area contributed by atoms with Crippen LogP contribution in [0.2, 0.25) is 0 Å². The van der Waals surface area contributed by atoms with Gasteiger partial charge in [0.1, 0.15) is 0 Å². The van der Waals surface area contributed by atoms with E-state index in [1.54, 1.807) is 0 Å². The maximum Gasteiger partial charge on any atom is 0.0429 e. The van der Waals surface area contributed by atoms with Crippen molar-refractivity contribution in [2.45, 2.75) is 38.1 Å². The first-order valence-electron chi connectivity index (χ1n) is 6.98. The Kier molecular flexibility index (Phi) is 3.32. The van der Waals surface area contributed by atoms with Crippen LogP contribution in [0.15, 0.2) is 24.3 Å². The molecule has 0 bridgehead atoms. The highest BCUT2D eigenvalue weighted by atomic mass is 15.2. The number of benzene rings is 1. The summed E-state index contributed by atoms with van der Waals surface area (Å²) in [5.41, 5.74) is 2.85. The summed E-state index contributed by atoms with van der Waals surface area (Å²) in [5, 5.41) is 3.66. The molecule has 3 rings (SSSR count). The first-order valence-corrected chi connectivity index (χ1v) is 6.98. The highest BCUT2D eigenvalue weighted by Crippen LogP contribution is 2.25. The van der Waals surface area contributed by atoms with E-state index >= 15 is 0 Å². The normalized spacial score (nSPS) is 25.1. The third-order valence-corrected chi connectivity index (χ3v) is 4.02. The fraction of sp³-hybridized carbons (Fsp3) is 0.600. The zero-order valence-corrected chi connectivity index (χ0v) is 10.5. The van der Waals surface area contributed by atoms with Gasteiger partial charge in [0.2, 0.25) is 0 Å². The first-order chi connectivity index (χ1) is 8.42. The maximum absolute atomic E-state index is 3.66. The Labute approximate surface area is 104 Å². The highest BCUT2D eigenvalue weighted by Gasteiger charge is 2.22. The molecule has 2 nitrogen and oxygen atoms in total. The molecule has 1 aromatic rings. The smallest absolute Gasteiger partial charge is 0.0429 e. The van der Waals surface area contributed by atoms with Crippen molar-refractivity contribution in [3.63, 3.8) is 0 Å². The molecule has 2 aliphatic heterocycles. The van der Waals surface area contributed by atoms with E-state index in [1.807, 2.05) is 0 Å². The number of para-hydroxylation sites is 1. The minimum absolute atomic E-state index is 0.630. The molecule has 0 unspecified atom stereocenters. The van der Waals surface area contributed by atoms with Crippen LogP contribution in [-0.2, 0) is 6.42 Å². The van der Waals surface area contributed by atoms with E-state index in [4.69, 9.17) is 0 Å². The Morgan fingerprint density at radius 2 is 1.82 bits per heavy atom. The van der Waals surface area contributed by atoms with E-state index in [9.17, 15) is 0 Å². The summed E-state index contributed by atoms with van der Waals surface area (Å²) in [6.07, 6.45) is 6.83. The van der Waals surface area contributed by atoms with Gasteiger partial charge in [0.25, 0.3) is 0 Å². The van der Waals surface area contributed by atoms with Gasteiger partial charge >= 0.3 is 0 Å². The number of nitrogens with zero attached hydrogens (tertiary/aromatic N) is 1. The topological polar surface area (TPSA) is 15.3 Å². The van der Waals surface area contributed by atoms with Gasteiger partial charge in [0.05, 0.1) is 0 Å². The Morgan fingerprint density at radius 3 is 2.59 bits per heavy atom. The number of hydrogen-bond donors (Lipinski definition) is 1. The minimum Gasteiger partial charge on any atom is -0.380 e. The van der Waals surface area contributed by atoms with Gasteiger partial charge in [0.15, 0.2) is 0 Å². The fourth-order valence-electron chi connectivity index (χ4n) is 3.12. The molecule has 0 radical (unpaired) electrons. The van der Waals surface area contributed by atoms with Gasteiger partial charge in [-0.25, -0.2) is 0 Å². The van der Waals surface area contributed by atoms with Crippen molar-refractivity contribution in [3.8, 4) is 0 Å². The van der Waals surface area contributed by atoms with Crippen molar-refractivity contribution in [2.75, 3.05) is 25.0 Å². The Balaban J connectivity index is 1.57. The number of fused-ring (bicyclic) bond motifs is 1. The van der Waals surface area contributed by atoms with Crippen LogP contribution < -0.4 is 5.32 Å². The van der Waals surface area contributed by atoms with Crippen LogP contribution in [0.3, 0.4) is 0 Å². The number of rotatable bonds is 2. The molecule has 92 valence electrons. The second-order valence-electron chi connectivity index (χ2n) is 5.42. The van der Waals surface area contributed by atoms with Crippen molar-refractivity contribution in [3.05, 3.63) is 29.8 Å². The molecule has 17 heavy (non-hydrogen) atoms. The van der Waals surface area contributed by atoms with Crippen molar-refractivity contribution in [1.29, 1.82) is 0 Å². The predicted molar refractivity (Wildman–Crippen MR) is 72.5 cm³/mol. The highest BCUT2D eigenvalue weighted by molar-refractivity contribution is 5.56. The molecule has 2 heteroatoms. The fourth-order valence-corrected chi connectivity index (χ4v) is 3.12.